The highest BCUT2D eigenvalue weighted by atomic mass is 14.9. The minimum atomic E-state index is 0.859. The quantitative estimate of drug-likeness (QED) is 0.564. The third-order valence-electron chi connectivity index (χ3n) is 3.15. The first-order chi connectivity index (χ1) is 5.40. The van der Waals surface area contributed by atoms with Gasteiger partial charge < -0.3 is 5.32 Å². The summed E-state index contributed by atoms with van der Waals surface area (Å²) in [6, 6.07) is 0. The van der Waals surface area contributed by atoms with Crippen LogP contribution in [0.4, 0.5) is 0 Å². The molecule has 1 nitrogen and oxygen atoms in total. The second-order valence-electron chi connectivity index (χ2n) is 3.87. The van der Waals surface area contributed by atoms with E-state index >= 15 is 0 Å². The van der Waals surface area contributed by atoms with Gasteiger partial charge >= 0.3 is 0 Å². The third kappa shape index (κ3) is 1.34. The predicted octanol–water partition coefficient (Wildman–Crippen LogP) is 1.81. The summed E-state index contributed by atoms with van der Waals surface area (Å²) >= 11 is 0. The Balaban J connectivity index is 2.03. The Bertz CT molecular complexity index is 162. The number of fused-ring (bicyclic) bond motifs is 1. The Labute approximate surface area is 68.9 Å². The number of hydrogen-bond donors (Lipinski definition) is 1. The summed E-state index contributed by atoms with van der Waals surface area (Å²) < 4.78 is 0. The van der Waals surface area contributed by atoms with Crippen LogP contribution in [-0.2, 0) is 0 Å². The Hall–Kier alpha value is -0.300. The maximum Gasteiger partial charge on any atom is 0.00174 e. The van der Waals surface area contributed by atoms with Crippen LogP contribution < -0.4 is 5.32 Å². The lowest BCUT2D eigenvalue weighted by Gasteiger charge is -2.24. The van der Waals surface area contributed by atoms with E-state index in [1.54, 1.807) is 0 Å². The van der Waals surface area contributed by atoms with E-state index in [1.807, 2.05) is 0 Å². The molecule has 2 aliphatic rings. The van der Waals surface area contributed by atoms with E-state index < -0.39 is 0 Å². The number of rotatable bonds is 1. The molecule has 0 amide bonds. The average molecular weight is 151 g/mol. The summed E-state index contributed by atoms with van der Waals surface area (Å²) in [5, 5.41) is 3.46. The van der Waals surface area contributed by atoms with E-state index in [9.17, 15) is 0 Å². The molecule has 0 aromatic rings. The van der Waals surface area contributed by atoms with Crippen molar-refractivity contribution < 1.29 is 0 Å². The molecule has 0 spiro atoms. The number of hydrogen-bond acceptors (Lipinski definition) is 1. The fourth-order valence-corrected chi connectivity index (χ4v) is 2.31. The highest BCUT2D eigenvalue weighted by Crippen LogP contribution is 2.31. The van der Waals surface area contributed by atoms with Gasteiger partial charge in [-0.25, -0.2) is 0 Å². The highest BCUT2D eigenvalue weighted by Gasteiger charge is 2.29. The summed E-state index contributed by atoms with van der Waals surface area (Å²) in [7, 11) is 0. The van der Waals surface area contributed by atoms with Crippen molar-refractivity contribution >= 4 is 0 Å². The summed E-state index contributed by atoms with van der Waals surface area (Å²) in [5.74, 6) is 2.68. The van der Waals surface area contributed by atoms with Crippen LogP contribution in [0.1, 0.15) is 19.8 Å². The molecular weight excluding hydrogens is 134 g/mol. The van der Waals surface area contributed by atoms with Gasteiger partial charge in [-0.05, 0) is 37.1 Å². The monoisotopic (exact) mass is 151 g/mol. The molecule has 11 heavy (non-hydrogen) atoms. The van der Waals surface area contributed by atoms with Crippen molar-refractivity contribution in [1.29, 1.82) is 0 Å². The summed E-state index contributed by atoms with van der Waals surface area (Å²) in [4.78, 5) is 0. The van der Waals surface area contributed by atoms with Crippen molar-refractivity contribution in [3.05, 3.63) is 12.2 Å². The van der Waals surface area contributed by atoms with Crippen molar-refractivity contribution in [2.75, 3.05) is 13.1 Å². The van der Waals surface area contributed by atoms with Crippen LogP contribution in [0.2, 0.25) is 0 Å². The van der Waals surface area contributed by atoms with E-state index in [2.05, 4.69) is 24.4 Å². The van der Waals surface area contributed by atoms with Gasteiger partial charge in [0.25, 0.3) is 0 Å². The third-order valence-corrected chi connectivity index (χ3v) is 3.15. The zero-order valence-electron chi connectivity index (χ0n) is 7.22. The molecule has 0 unspecified atom stereocenters. The molecule has 1 aliphatic heterocycles. The van der Waals surface area contributed by atoms with Crippen molar-refractivity contribution in [2.45, 2.75) is 19.8 Å². The van der Waals surface area contributed by atoms with Gasteiger partial charge in [-0.3, -0.25) is 0 Å². The van der Waals surface area contributed by atoms with Gasteiger partial charge in [0.15, 0.2) is 0 Å². The topological polar surface area (TPSA) is 12.0 Å². The molecule has 1 N–H and O–H groups in total. The maximum absolute atomic E-state index is 3.46. The van der Waals surface area contributed by atoms with Crippen LogP contribution in [0.5, 0.6) is 0 Å². The van der Waals surface area contributed by atoms with Crippen LogP contribution >= 0.6 is 0 Å². The lowest BCUT2D eigenvalue weighted by atomic mass is 9.80. The van der Waals surface area contributed by atoms with Gasteiger partial charge in [0.05, 0.1) is 0 Å². The fourth-order valence-electron chi connectivity index (χ4n) is 2.31. The Morgan fingerprint density at radius 1 is 1.36 bits per heavy atom. The van der Waals surface area contributed by atoms with E-state index in [4.69, 9.17) is 0 Å². The van der Waals surface area contributed by atoms with Gasteiger partial charge in [0.1, 0.15) is 0 Å². The van der Waals surface area contributed by atoms with Crippen LogP contribution in [0.25, 0.3) is 0 Å². The molecule has 1 heteroatoms. The largest absolute Gasteiger partial charge is 0.316 e. The molecule has 0 aromatic heterocycles. The normalized spacial score (nSPS) is 42.5. The van der Waals surface area contributed by atoms with Gasteiger partial charge in [0.2, 0.25) is 0 Å². The van der Waals surface area contributed by atoms with E-state index in [0.29, 0.717) is 0 Å². The second kappa shape index (κ2) is 2.98. The molecule has 0 aromatic carbocycles. The van der Waals surface area contributed by atoms with Crippen molar-refractivity contribution in [2.24, 2.45) is 17.8 Å². The van der Waals surface area contributed by atoms with Crippen molar-refractivity contribution in [1.82, 2.24) is 5.32 Å². The predicted molar refractivity (Wildman–Crippen MR) is 47.4 cm³/mol. The van der Waals surface area contributed by atoms with Gasteiger partial charge in [-0.1, -0.05) is 19.1 Å². The summed E-state index contributed by atoms with van der Waals surface area (Å²) in [5.41, 5.74) is 0. The van der Waals surface area contributed by atoms with Crippen molar-refractivity contribution in [3.8, 4) is 0 Å². The standard InChI is InChI=1S/C10H17N/c1-2-8-3-4-9-6-11-7-10(9)5-8/h3-4,8-11H,2,5-7H2,1H3/t8-,9-,10-/m0/s1. The first kappa shape index (κ1) is 7.35. The molecule has 0 saturated carbocycles. The zero-order chi connectivity index (χ0) is 7.68. The first-order valence-electron chi connectivity index (χ1n) is 4.79. The minimum absolute atomic E-state index is 0.859. The second-order valence-corrected chi connectivity index (χ2v) is 3.87. The Morgan fingerprint density at radius 2 is 2.27 bits per heavy atom. The van der Waals surface area contributed by atoms with Crippen molar-refractivity contribution in [3.63, 3.8) is 0 Å². The van der Waals surface area contributed by atoms with Gasteiger partial charge in [0, 0.05) is 6.54 Å². The van der Waals surface area contributed by atoms with E-state index in [0.717, 1.165) is 17.8 Å². The minimum Gasteiger partial charge on any atom is -0.316 e. The lowest BCUT2D eigenvalue weighted by molar-refractivity contribution is 0.365. The SMILES string of the molecule is CC[C@H]1C=C[C@H]2CNC[C@@H]2C1. The molecule has 1 fully saturated rings. The lowest BCUT2D eigenvalue weighted by Crippen LogP contribution is -2.18. The van der Waals surface area contributed by atoms with Crippen LogP contribution in [0.15, 0.2) is 12.2 Å². The molecule has 2 rings (SSSR count). The Kier molecular flexibility index (Phi) is 1.99. The molecule has 1 heterocycles. The molecular formula is C10H17N. The summed E-state index contributed by atoms with van der Waals surface area (Å²) in [6.07, 6.45) is 7.60. The molecule has 3 atom stereocenters. The van der Waals surface area contributed by atoms with Crippen LogP contribution in [-0.4, -0.2) is 13.1 Å². The van der Waals surface area contributed by atoms with Crippen LogP contribution in [0, 0.1) is 17.8 Å². The first-order valence-corrected chi connectivity index (χ1v) is 4.79. The molecule has 0 bridgehead atoms. The Morgan fingerprint density at radius 3 is 3.09 bits per heavy atom. The molecule has 62 valence electrons. The molecule has 0 radical (unpaired) electrons. The fraction of sp³-hybridized carbons (Fsp3) is 0.800. The highest BCUT2D eigenvalue weighted by molar-refractivity contribution is 5.04. The van der Waals surface area contributed by atoms with E-state index in [-0.39, 0.29) is 0 Å². The zero-order valence-corrected chi connectivity index (χ0v) is 7.22. The summed E-state index contributed by atoms with van der Waals surface area (Å²) in [6.45, 7) is 4.76. The van der Waals surface area contributed by atoms with Gasteiger partial charge in [-0.15, -0.1) is 0 Å². The van der Waals surface area contributed by atoms with E-state index in [1.165, 1.54) is 25.9 Å². The number of allylic oxidation sites excluding steroid dienone is 1. The van der Waals surface area contributed by atoms with Gasteiger partial charge in [-0.2, -0.15) is 0 Å². The molecule has 1 saturated heterocycles. The van der Waals surface area contributed by atoms with Crippen LogP contribution in [0.3, 0.4) is 0 Å². The molecule has 1 aliphatic carbocycles. The maximum atomic E-state index is 3.46. The average Bonchev–Trinajstić information content (AvgIpc) is 2.50. The number of nitrogens with one attached hydrogen (secondary N) is 1. The smallest absolute Gasteiger partial charge is 0.00174 e.